The number of hydrogen-bond donors (Lipinski definition) is 1. The summed E-state index contributed by atoms with van der Waals surface area (Å²) in [6.45, 7) is 8.36. The van der Waals surface area contributed by atoms with E-state index in [4.69, 9.17) is 0 Å². The number of nitrogens with zero attached hydrogens (tertiary/aromatic N) is 1. The highest BCUT2D eigenvalue weighted by Crippen LogP contribution is 2.38. The molecule has 0 aliphatic carbocycles. The van der Waals surface area contributed by atoms with Crippen molar-refractivity contribution in [1.82, 2.24) is 4.90 Å². The van der Waals surface area contributed by atoms with Crippen LogP contribution >= 0.6 is 0 Å². The van der Waals surface area contributed by atoms with Gasteiger partial charge in [0.05, 0.1) is 6.04 Å². The summed E-state index contributed by atoms with van der Waals surface area (Å²) < 4.78 is 0. The van der Waals surface area contributed by atoms with Crippen LogP contribution in [0.2, 0.25) is 0 Å². The molecule has 2 aliphatic heterocycles. The predicted octanol–water partition coefficient (Wildman–Crippen LogP) is 3.28. The fourth-order valence-electron chi connectivity index (χ4n) is 3.33. The van der Waals surface area contributed by atoms with Gasteiger partial charge < -0.3 is 5.32 Å². The molecule has 2 aliphatic rings. The molecule has 2 heterocycles. The first kappa shape index (κ1) is 11.1. The fraction of sp³-hybridized carbons (Fsp3) is 0.600. The topological polar surface area (TPSA) is 15.3 Å². The summed E-state index contributed by atoms with van der Waals surface area (Å²) >= 11 is 0. The highest BCUT2D eigenvalue weighted by Gasteiger charge is 2.33. The lowest BCUT2D eigenvalue weighted by Gasteiger charge is -2.41. The Balaban J connectivity index is 1.82. The maximum atomic E-state index is 3.53. The lowest BCUT2D eigenvalue weighted by atomic mass is 9.83. The van der Waals surface area contributed by atoms with E-state index in [1.807, 2.05) is 0 Å². The summed E-state index contributed by atoms with van der Waals surface area (Å²) in [5.74, 6) is 0. The minimum Gasteiger partial charge on any atom is -0.383 e. The third-order valence-corrected chi connectivity index (χ3v) is 4.18. The largest absolute Gasteiger partial charge is 0.383 e. The van der Waals surface area contributed by atoms with E-state index in [9.17, 15) is 0 Å². The van der Waals surface area contributed by atoms with E-state index in [0.717, 1.165) is 6.54 Å². The van der Waals surface area contributed by atoms with Crippen molar-refractivity contribution in [1.29, 1.82) is 0 Å². The first-order chi connectivity index (χ1) is 8.16. The molecule has 0 aromatic heterocycles. The molecule has 1 unspecified atom stereocenters. The number of hydrogen-bond acceptors (Lipinski definition) is 2. The second kappa shape index (κ2) is 4.02. The molecule has 1 aromatic rings. The molecule has 1 atom stereocenters. The minimum absolute atomic E-state index is 0.482. The Morgan fingerprint density at radius 1 is 1.29 bits per heavy atom. The monoisotopic (exact) mass is 230 g/mol. The smallest absolute Gasteiger partial charge is 0.0541 e. The highest BCUT2D eigenvalue weighted by molar-refractivity contribution is 5.57. The van der Waals surface area contributed by atoms with Gasteiger partial charge in [0.25, 0.3) is 0 Å². The molecule has 1 fully saturated rings. The number of anilines is 1. The summed E-state index contributed by atoms with van der Waals surface area (Å²) in [5, 5.41) is 3.53. The van der Waals surface area contributed by atoms with Crippen LogP contribution in [0.15, 0.2) is 24.3 Å². The van der Waals surface area contributed by atoms with Gasteiger partial charge in [0.2, 0.25) is 0 Å². The van der Waals surface area contributed by atoms with Crippen molar-refractivity contribution >= 4 is 5.69 Å². The number of likely N-dealkylation sites (tertiary alicyclic amines) is 1. The van der Waals surface area contributed by atoms with Crippen LogP contribution in [-0.2, 0) is 0 Å². The van der Waals surface area contributed by atoms with Gasteiger partial charge in [0.1, 0.15) is 0 Å². The van der Waals surface area contributed by atoms with Crippen molar-refractivity contribution in [2.45, 2.75) is 32.7 Å². The van der Waals surface area contributed by atoms with Crippen LogP contribution in [-0.4, -0.2) is 24.5 Å². The van der Waals surface area contributed by atoms with E-state index < -0.39 is 0 Å². The molecule has 2 heteroatoms. The predicted molar refractivity (Wildman–Crippen MR) is 72.3 cm³/mol. The summed E-state index contributed by atoms with van der Waals surface area (Å²) in [4.78, 5) is 2.67. The van der Waals surface area contributed by atoms with Crippen LogP contribution in [0.25, 0.3) is 0 Å². The minimum atomic E-state index is 0.482. The van der Waals surface area contributed by atoms with Crippen LogP contribution in [0.4, 0.5) is 5.69 Å². The molecule has 1 N–H and O–H groups in total. The van der Waals surface area contributed by atoms with Gasteiger partial charge in [0, 0.05) is 18.8 Å². The summed E-state index contributed by atoms with van der Waals surface area (Å²) in [7, 11) is 0. The van der Waals surface area contributed by atoms with Crippen molar-refractivity contribution in [3.63, 3.8) is 0 Å². The third-order valence-electron chi connectivity index (χ3n) is 4.18. The Kier molecular flexibility index (Phi) is 2.62. The lowest BCUT2D eigenvalue weighted by Crippen LogP contribution is -2.42. The number of piperidine rings is 1. The van der Waals surface area contributed by atoms with Gasteiger partial charge in [-0.25, -0.2) is 0 Å². The molecule has 0 amide bonds. The molecule has 0 radical (unpaired) electrons. The summed E-state index contributed by atoms with van der Waals surface area (Å²) in [5.41, 5.74) is 3.31. The number of nitrogens with one attached hydrogen (secondary N) is 1. The maximum Gasteiger partial charge on any atom is 0.0541 e. The van der Waals surface area contributed by atoms with Gasteiger partial charge in [-0.1, -0.05) is 32.0 Å². The standard InChI is InChI=1S/C15H22N2/c1-15(2)8-5-9-17(11-15)14-10-16-13-7-4-3-6-12(13)14/h3-4,6-7,14,16H,5,8-11H2,1-2H3. The van der Waals surface area contributed by atoms with E-state index in [0.29, 0.717) is 11.5 Å². The summed E-state index contributed by atoms with van der Waals surface area (Å²) in [6.07, 6.45) is 2.71. The Hall–Kier alpha value is -1.02. The third kappa shape index (κ3) is 2.06. The van der Waals surface area contributed by atoms with Crippen molar-refractivity contribution in [3.05, 3.63) is 29.8 Å². The average Bonchev–Trinajstić information content (AvgIpc) is 2.71. The van der Waals surface area contributed by atoms with Gasteiger partial charge in [-0.05, 0) is 36.4 Å². The quantitative estimate of drug-likeness (QED) is 0.796. The van der Waals surface area contributed by atoms with Crippen LogP contribution < -0.4 is 5.32 Å². The SMILES string of the molecule is CC1(C)CCCN(C2CNc3ccccc32)C1. The Morgan fingerprint density at radius 2 is 2.12 bits per heavy atom. The van der Waals surface area contributed by atoms with Crippen molar-refractivity contribution in [2.75, 3.05) is 25.0 Å². The number of para-hydroxylation sites is 1. The van der Waals surface area contributed by atoms with E-state index in [1.165, 1.54) is 37.2 Å². The molecule has 17 heavy (non-hydrogen) atoms. The van der Waals surface area contributed by atoms with E-state index in [2.05, 4.69) is 48.3 Å². The normalized spacial score (nSPS) is 27.5. The molecule has 0 bridgehead atoms. The molecule has 1 saturated heterocycles. The zero-order valence-electron chi connectivity index (χ0n) is 10.9. The number of benzene rings is 1. The van der Waals surface area contributed by atoms with Gasteiger partial charge in [-0.2, -0.15) is 0 Å². The first-order valence-electron chi connectivity index (χ1n) is 6.73. The van der Waals surface area contributed by atoms with Crippen molar-refractivity contribution in [3.8, 4) is 0 Å². The molecule has 1 aromatic carbocycles. The van der Waals surface area contributed by atoms with Crippen molar-refractivity contribution in [2.24, 2.45) is 5.41 Å². The Labute approximate surface area is 104 Å². The maximum absolute atomic E-state index is 3.53. The van der Waals surface area contributed by atoms with Crippen molar-refractivity contribution < 1.29 is 0 Å². The number of rotatable bonds is 1. The van der Waals surface area contributed by atoms with Gasteiger partial charge in [0.15, 0.2) is 0 Å². The fourth-order valence-corrected chi connectivity index (χ4v) is 3.33. The Bertz CT molecular complexity index is 411. The van der Waals surface area contributed by atoms with E-state index in [-0.39, 0.29) is 0 Å². The molecular weight excluding hydrogens is 208 g/mol. The molecule has 0 spiro atoms. The molecule has 3 rings (SSSR count). The average molecular weight is 230 g/mol. The van der Waals surface area contributed by atoms with Gasteiger partial charge in [-0.3, -0.25) is 4.90 Å². The van der Waals surface area contributed by atoms with Crippen LogP contribution in [0.5, 0.6) is 0 Å². The summed E-state index contributed by atoms with van der Waals surface area (Å²) in [6, 6.07) is 9.35. The number of fused-ring (bicyclic) bond motifs is 1. The van der Waals surface area contributed by atoms with Crippen LogP contribution in [0.3, 0.4) is 0 Å². The Morgan fingerprint density at radius 3 is 2.94 bits per heavy atom. The lowest BCUT2D eigenvalue weighted by molar-refractivity contribution is 0.0849. The van der Waals surface area contributed by atoms with Crippen LogP contribution in [0, 0.1) is 5.41 Å². The first-order valence-corrected chi connectivity index (χ1v) is 6.73. The van der Waals surface area contributed by atoms with E-state index >= 15 is 0 Å². The molecule has 92 valence electrons. The van der Waals surface area contributed by atoms with E-state index in [1.54, 1.807) is 0 Å². The van der Waals surface area contributed by atoms with Gasteiger partial charge >= 0.3 is 0 Å². The molecule has 0 saturated carbocycles. The second-order valence-corrected chi connectivity index (χ2v) is 6.22. The highest BCUT2D eigenvalue weighted by atomic mass is 15.2. The zero-order chi connectivity index (χ0) is 11.9. The molecular formula is C15H22N2. The van der Waals surface area contributed by atoms with Crippen LogP contribution in [0.1, 0.15) is 38.3 Å². The zero-order valence-corrected chi connectivity index (χ0v) is 10.9. The van der Waals surface area contributed by atoms with Gasteiger partial charge in [-0.15, -0.1) is 0 Å². The second-order valence-electron chi connectivity index (χ2n) is 6.22. The molecule has 2 nitrogen and oxygen atoms in total.